The highest BCUT2D eigenvalue weighted by Crippen LogP contribution is 2.18. The van der Waals surface area contributed by atoms with Crippen molar-refractivity contribution in [2.24, 2.45) is 0 Å². The van der Waals surface area contributed by atoms with E-state index < -0.39 is 5.97 Å². The summed E-state index contributed by atoms with van der Waals surface area (Å²) in [7, 11) is 0. The Bertz CT molecular complexity index is 604. The summed E-state index contributed by atoms with van der Waals surface area (Å²) < 4.78 is 5.50. The molecular formula is C15H14N2O3. The van der Waals surface area contributed by atoms with Gasteiger partial charge in [-0.15, -0.1) is 0 Å². The summed E-state index contributed by atoms with van der Waals surface area (Å²) in [5.74, 6) is -0.350. The van der Waals surface area contributed by atoms with Crippen LogP contribution in [-0.4, -0.2) is 21.0 Å². The standard InChI is InChI=1S/C15H14N2O3/c1-2-11-3-6-13(7-4-11)20-15-16-9-12(10-17-15)5-8-14(18)19/h3-10H,2H2,1H3,(H,18,19)/b8-5+. The predicted molar refractivity (Wildman–Crippen MR) is 74.6 cm³/mol. The van der Waals surface area contributed by atoms with Gasteiger partial charge in [-0.2, -0.15) is 0 Å². The molecule has 0 aliphatic carbocycles. The van der Waals surface area contributed by atoms with E-state index in [-0.39, 0.29) is 6.01 Å². The highest BCUT2D eigenvalue weighted by Gasteiger charge is 2.00. The maximum atomic E-state index is 10.4. The molecule has 20 heavy (non-hydrogen) atoms. The van der Waals surface area contributed by atoms with E-state index in [2.05, 4.69) is 16.9 Å². The van der Waals surface area contributed by atoms with Crippen LogP contribution in [0.1, 0.15) is 18.1 Å². The van der Waals surface area contributed by atoms with E-state index in [9.17, 15) is 4.79 Å². The number of nitrogens with zero attached hydrogens (tertiary/aromatic N) is 2. The number of carbonyl (C=O) groups is 1. The molecule has 102 valence electrons. The van der Waals surface area contributed by atoms with Gasteiger partial charge in [0.05, 0.1) is 0 Å². The van der Waals surface area contributed by atoms with Crippen LogP contribution in [0.3, 0.4) is 0 Å². The normalized spacial score (nSPS) is 10.7. The van der Waals surface area contributed by atoms with Gasteiger partial charge in [0.15, 0.2) is 0 Å². The van der Waals surface area contributed by atoms with Crippen LogP contribution >= 0.6 is 0 Å². The molecule has 2 aromatic rings. The van der Waals surface area contributed by atoms with Crippen molar-refractivity contribution in [3.05, 3.63) is 53.9 Å². The van der Waals surface area contributed by atoms with E-state index in [1.807, 2.05) is 24.3 Å². The second-order valence-electron chi connectivity index (χ2n) is 4.07. The molecule has 0 saturated heterocycles. The average Bonchev–Trinajstić information content (AvgIpc) is 2.47. The van der Waals surface area contributed by atoms with Crippen molar-refractivity contribution < 1.29 is 14.6 Å². The van der Waals surface area contributed by atoms with Gasteiger partial charge in [0.2, 0.25) is 0 Å². The third kappa shape index (κ3) is 3.91. The van der Waals surface area contributed by atoms with E-state index in [1.54, 1.807) is 0 Å². The number of aryl methyl sites for hydroxylation is 1. The number of carboxylic acid groups (broad SMARTS) is 1. The zero-order valence-corrected chi connectivity index (χ0v) is 11.0. The van der Waals surface area contributed by atoms with Crippen LogP contribution in [0.25, 0.3) is 6.08 Å². The topological polar surface area (TPSA) is 72.3 Å². The van der Waals surface area contributed by atoms with Gasteiger partial charge in [-0.1, -0.05) is 19.1 Å². The molecule has 1 aromatic carbocycles. The number of hydrogen-bond acceptors (Lipinski definition) is 4. The van der Waals surface area contributed by atoms with Gasteiger partial charge >= 0.3 is 12.0 Å². The van der Waals surface area contributed by atoms with Crippen molar-refractivity contribution in [3.8, 4) is 11.8 Å². The molecule has 5 heteroatoms. The minimum atomic E-state index is -1.01. The molecule has 0 amide bonds. The maximum absolute atomic E-state index is 10.4. The third-order valence-corrected chi connectivity index (χ3v) is 2.61. The quantitative estimate of drug-likeness (QED) is 0.846. The van der Waals surface area contributed by atoms with Gasteiger partial charge in [-0.25, -0.2) is 14.8 Å². The Kier molecular flexibility index (Phi) is 4.44. The van der Waals surface area contributed by atoms with Crippen LogP contribution in [0.4, 0.5) is 0 Å². The van der Waals surface area contributed by atoms with E-state index in [0.29, 0.717) is 11.3 Å². The van der Waals surface area contributed by atoms with Crippen molar-refractivity contribution in [1.82, 2.24) is 9.97 Å². The fraction of sp³-hybridized carbons (Fsp3) is 0.133. The fourth-order valence-electron chi connectivity index (χ4n) is 1.53. The molecule has 0 radical (unpaired) electrons. The summed E-state index contributed by atoms with van der Waals surface area (Å²) in [5.41, 5.74) is 1.83. The van der Waals surface area contributed by atoms with Gasteiger partial charge in [0.1, 0.15) is 5.75 Å². The highest BCUT2D eigenvalue weighted by molar-refractivity contribution is 5.85. The van der Waals surface area contributed by atoms with Crippen LogP contribution in [0, 0.1) is 0 Å². The Morgan fingerprint density at radius 3 is 2.45 bits per heavy atom. The number of aromatic nitrogens is 2. The molecule has 0 spiro atoms. The van der Waals surface area contributed by atoms with Crippen LogP contribution in [-0.2, 0) is 11.2 Å². The van der Waals surface area contributed by atoms with E-state index in [0.717, 1.165) is 12.5 Å². The minimum Gasteiger partial charge on any atom is -0.478 e. The third-order valence-electron chi connectivity index (χ3n) is 2.61. The summed E-state index contributed by atoms with van der Waals surface area (Å²) in [6, 6.07) is 7.92. The smallest absolute Gasteiger partial charge is 0.328 e. The van der Waals surface area contributed by atoms with Crippen molar-refractivity contribution in [1.29, 1.82) is 0 Å². The van der Waals surface area contributed by atoms with Gasteiger partial charge in [0.25, 0.3) is 0 Å². The Morgan fingerprint density at radius 2 is 1.90 bits per heavy atom. The first kappa shape index (κ1) is 13.7. The van der Waals surface area contributed by atoms with Crippen LogP contribution in [0.2, 0.25) is 0 Å². The molecule has 0 saturated carbocycles. The summed E-state index contributed by atoms with van der Waals surface area (Å²) >= 11 is 0. The largest absolute Gasteiger partial charge is 0.478 e. The highest BCUT2D eigenvalue weighted by atomic mass is 16.5. The number of hydrogen-bond donors (Lipinski definition) is 1. The summed E-state index contributed by atoms with van der Waals surface area (Å²) in [6.07, 6.45) is 6.43. The lowest BCUT2D eigenvalue weighted by molar-refractivity contribution is -0.131. The molecule has 0 fully saturated rings. The second-order valence-corrected chi connectivity index (χ2v) is 4.07. The van der Waals surface area contributed by atoms with E-state index >= 15 is 0 Å². The van der Waals surface area contributed by atoms with Crippen molar-refractivity contribution in [2.75, 3.05) is 0 Å². The Labute approximate surface area is 116 Å². The van der Waals surface area contributed by atoms with E-state index in [1.165, 1.54) is 24.0 Å². The van der Waals surface area contributed by atoms with Crippen LogP contribution in [0.15, 0.2) is 42.7 Å². The Balaban J connectivity index is 2.04. The first-order valence-corrected chi connectivity index (χ1v) is 6.17. The first-order valence-electron chi connectivity index (χ1n) is 6.17. The molecule has 1 heterocycles. The van der Waals surface area contributed by atoms with Crippen molar-refractivity contribution in [3.63, 3.8) is 0 Å². The van der Waals surface area contributed by atoms with Crippen LogP contribution < -0.4 is 4.74 Å². The molecule has 0 aliphatic rings. The number of aliphatic carboxylic acids is 1. The summed E-state index contributed by atoms with van der Waals surface area (Å²) in [6.45, 7) is 2.09. The lowest BCUT2D eigenvalue weighted by Gasteiger charge is -2.04. The molecule has 1 N–H and O–H groups in total. The lowest BCUT2D eigenvalue weighted by atomic mass is 10.2. The Morgan fingerprint density at radius 1 is 1.25 bits per heavy atom. The van der Waals surface area contributed by atoms with E-state index in [4.69, 9.17) is 9.84 Å². The monoisotopic (exact) mass is 270 g/mol. The average molecular weight is 270 g/mol. The number of carboxylic acids is 1. The molecular weight excluding hydrogens is 256 g/mol. The van der Waals surface area contributed by atoms with Gasteiger partial charge in [0, 0.05) is 24.0 Å². The van der Waals surface area contributed by atoms with Gasteiger partial charge in [-0.05, 0) is 30.2 Å². The first-order chi connectivity index (χ1) is 9.67. The summed E-state index contributed by atoms with van der Waals surface area (Å²) in [4.78, 5) is 18.4. The molecule has 0 unspecified atom stereocenters. The molecule has 1 aromatic heterocycles. The molecule has 0 atom stereocenters. The fourth-order valence-corrected chi connectivity index (χ4v) is 1.53. The maximum Gasteiger partial charge on any atom is 0.328 e. The van der Waals surface area contributed by atoms with Gasteiger partial charge in [-0.3, -0.25) is 0 Å². The zero-order chi connectivity index (χ0) is 14.4. The SMILES string of the molecule is CCc1ccc(Oc2ncc(/C=C/C(=O)O)cn2)cc1. The predicted octanol–water partition coefficient (Wildman–Crippen LogP) is 2.93. The summed E-state index contributed by atoms with van der Waals surface area (Å²) in [5, 5.41) is 8.51. The van der Waals surface area contributed by atoms with Crippen molar-refractivity contribution >= 4 is 12.0 Å². The number of benzene rings is 1. The zero-order valence-electron chi connectivity index (χ0n) is 11.0. The molecule has 2 rings (SSSR count). The second kappa shape index (κ2) is 6.47. The lowest BCUT2D eigenvalue weighted by Crippen LogP contribution is -1.92. The molecule has 0 bridgehead atoms. The Hall–Kier alpha value is -2.69. The number of rotatable bonds is 5. The van der Waals surface area contributed by atoms with Crippen LogP contribution in [0.5, 0.6) is 11.8 Å². The molecule has 5 nitrogen and oxygen atoms in total. The van der Waals surface area contributed by atoms with Crippen molar-refractivity contribution in [2.45, 2.75) is 13.3 Å². The minimum absolute atomic E-state index is 0.224. The molecule has 0 aliphatic heterocycles. The van der Waals surface area contributed by atoms with Gasteiger partial charge < -0.3 is 9.84 Å². The number of ether oxygens (including phenoxy) is 1.